The minimum absolute atomic E-state index is 0.353. The van der Waals surface area contributed by atoms with Gasteiger partial charge in [0, 0.05) is 25.1 Å². The lowest BCUT2D eigenvalue weighted by Gasteiger charge is -2.06. The van der Waals surface area contributed by atoms with E-state index in [2.05, 4.69) is 15.3 Å². The Morgan fingerprint density at radius 3 is 2.84 bits per heavy atom. The van der Waals surface area contributed by atoms with Crippen LogP contribution in [0.2, 0.25) is 0 Å². The molecule has 0 aliphatic heterocycles. The number of hydrogen-bond acceptors (Lipinski definition) is 5. The van der Waals surface area contributed by atoms with Crippen LogP contribution in [-0.2, 0) is 11.3 Å². The van der Waals surface area contributed by atoms with Gasteiger partial charge in [0.05, 0.1) is 12.2 Å². The molecule has 0 amide bonds. The quantitative estimate of drug-likeness (QED) is 0.832. The molecule has 0 spiro atoms. The molecule has 98 valence electrons. The second kappa shape index (κ2) is 6.49. The molecule has 2 heterocycles. The average molecular weight is 257 g/mol. The maximum atomic E-state index is 11.4. The van der Waals surface area contributed by atoms with Gasteiger partial charge in [-0.15, -0.1) is 0 Å². The van der Waals surface area contributed by atoms with Gasteiger partial charge in [0.2, 0.25) is 0 Å². The van der Waals surface area contributed by atoms with Crippen LogP contribution < -0.4 is 5.32 Å². The number of nitrogens with one attached hydrogen (secondary N) is 1. The van der Waals surface area contributed by atoms with Crippen molar-refractivity contribution in [1.29, 1.82) is 0 Å². The molecule has 0 radical (unpaired) electrons. The smallest absolute Gasteiger partial charge is 0.339 e. The van der Waals surface area contributed by atoms with E-state index in [1.54, 1.807) is 31.5 Å². The molecular formula is C14H15N3O2. The maximum Gasteiger partial charge on any atom is 0.339 e. The molecule has 19 heavy (non-hydrogen) atoms. The summed E-state index contributed by atoms with van der Waals surface area (Å²) in [6.45, 7) is 2.77. The summed E-state index contributed by atoms with van der Waals surface area (Å²) in [4.78, 5) is 19.6. The Morgan fingerprint density at radius 2 is 2.21 bits per heavy atom. The fourth-order valence-corrected chi connectivity index (χ4v) is 1.53. The fraction of sp³-hybridized carbons (Fsp3) is 0.214. The zero-order valence-electron chi connectivity index (χ0n) is 10.7. The first-order valence-corrected chi connectivity index (χ1v) is 6.05. The van der Waals surface area contributed by atoms with Crippen LogP contribution in [0.4, 0.5) is 5.82 Å². The van der Waals surface area contributed by atoms with Crippen molar-refractivity contribution >= 4 is 11.8 Å². The summed E-state index contributed by atoms with van der Waals surface area (Å²) in [5, 5.41) is 3.16. The standard InChI is InChI=1S/C14H15N3O2/c1-2-19-14(18)12-5-6-13(17-10-12)16-9-11-4-3-7-15-8-11/h3-8,10H,2,9H2,1H3,(H,16,17). The highest BCUT2D eigenvalue weighted by molar-refractivity contribution is 5.89. The topological polar surface area (TPSA) is 64.1 Å². The molecule has 5 nitrogen and oxygen atoms in total. The predicted octanol–water partition coefficient (Wildman–Crippen LogP) is 2.27. The molecule has 0 fully saturated rings. The molecule has 5 heteroatoms. The third-order valence-electron chi connectivity index (χ3n) is 2.47. The van der Waals surface area contributed by atoms with Crippen LogP contribution in [0.1, 0.15) is 22.8 Å². The highest BCUT2D eigenvalue weighted by atomic mass is 16.5. The summed E-state index contributed by atoms with van der Waals surface area (Å²) in [6, 6.07) is 7.31. The van der Waals surface area contributed by atoms with Gasteiger partial charge in [-0.05, 0) is 30.7 Å². The second-order valence-electron chi connectivity index (χ2n) is 3.87. The molecule has 0 aromatic carbocycles. The summed E-state index contributed by atoms with van der Waals surface area (Å²) in [6.07, 6.45) is 5.03. The van der Waals surface area contributed by atoms with Crippen molar-refractivity contribution in [3.63, 3.8) is 0 Å². The Balaban J connectivity index is 1.94. The summed E-state index contributed by atoms with van der Waals surface area (Å²) in [5.74, 6) is 0.353. The molecule has 0 unspecified atom stereocenters. The molecule has 0 aliphatic rings. The first-order valence-electron chi connectivity index (χ1n) is 6.05. The summed E-state index contributed by atoms with van der Waals surface area (Å²) in [7, 11) is 0. The zero-order chi connectivity index (χ0) is 13.5. The molecule has 2 aromatic rings. The van der Waals surface area contributed by atoms with Crippen LogP contribution in [0.5, 0.6) is 0 Å². The molecule has 1 N–H and O–H groups in total. The molecule has 0 saturated heterocycles. The lowest BCUT2D eigenvalue weighted by Crippen LogP contribution is -2.06. The first kappa shape index (κ1) is 13.0. The molecule has 2 aromatic heterocycles. The van der Waals surface area contributed by atoms with E-state index in [1.807, 2.05) is 12.1 Å². The SMILES string of the molecule is CCOC(=O)c1ccc(NCc2cccnc2)nc1. The third kappa shape index (κ3) is 3.77. The monoisotopic (exact) mass is 257 g/mol. The van der Waals surface area contributed by atoms with Gasteiger partial charge in [0.1, 0.15) is 5.82 Å². The number of carbonyl (C=O) groups excluding carboxylic acids is 1. The van der Waals surface area contributed by atoms with E-state index >= 15 is 0 Å². The van der Waals surface area contributed by atoms with Gasteiger partial charge in [-0.1, -0.05) is 6.07 Å². The number of pyridine rings is 2. The van der Waals surface area contributed by atoms with E-state index in [0.29, 0.717) is 24.5 Å². The second-order valence-corrected chi connectivity index (χ2v) is 3.87. The number of nitrogens with zero attached hydrogens (tertiary/aromatic N) is 2. The summed E-state index contributed by atoms with van der Waals surface area (Å²) >= 11 is 0. The zero-order valence-corrected chi connectivity index (χ0v) is 10.7. The van der Waals surface area contributed by atoms with Gasteiger partial charge in [-0.2, -0.15) is 0 Å². The van der Waals surface area contributed by atoms with E-state index in [4.69, 9.17) is 4.74 Å². The van der Waals surface area contributed by atoms with Crippen molar-refractivity contribution in [3.05, 3.63) is 54.0 Å². The van der Waals surface area contributed by atoms with Crippen LogP contribution in [0.25, 0.3) is 0 Å². The van der Waals surface area contributed by atoms with Crippen LogP contribution >= 0.6 is 0 Å². The minimum atomic E-state index is -0.353. The Labute approximate surface area is 111 Å². The molecule has 0 bridgehead atoms. The molecular weight excluding hydrogens is 242 g/mol. The highest BCUT2D eigenvalue weighted by Gasteiger charge is 2.06. The molecule has 0 saturated carbocycles. The minimum Gasteiger partial charge on any atom is -0.462 e. The van der Waals surface area contributed by atoms with E-state index in [9.17, 15) is 4.79 Å². The van der Waals surface area contributed by atoms with E-state index < -0.39 is 0 Å². The highest BCUT2D eigenvalue weighted by Crippen LogP contribution is 2.08. The van der Waals surface area contributed by atoms with Gasteiger partial charge in [-0.25, -0.2) is 9.78 Å². The molecule has 2 rings (SSSR count). The number of rotatable bonds is 5. The number of anilines is 1. The lowest BCUT2D eigenvalue weighted by atomic mass is 10.2. The Bertz CT molecular complexity index is 526. The first-order chi connectivity index (χ1) is 9.29. The van der Waals surface area contributed by atoms with E-state index in [1.165, 1.54) is 6.20 Å². The van der Waals surface area contributed by atoms with Crippen LogP contribution in [0.3, 0.4) is 0 Å². The summed E-state index contributed by atoms with van der Waals surface area (Å²) < 4.78 is 4.89. The largest absolute Gasteiger partial charge is 0.462 e. The van der Waals surface area contributed by atoms with Crippen molar-refractivity contribution in [2.75, 3.05) is 11.9 Å². The van der Waals surface area contributed by atoms with Gasteiger partial charge in [-0.3, -0.25) is 4.98 Å². The van der Waals surface area contributed by atoms with Gasteiger partial charge in [0.15, 0.2) is 0 Å². The van der Waals surface area contributed by atoms with E-state index in [-0.39, 0.29) is 5.97 Å². The Morgan fingerprint density at radius 1 is 1.32 bits per heavy atom. The summed E-state index contributed by atoms with van der Waals surface area (Å²) in [5.41, 5.74) is 1.52. The number of aromatic nitrogens is 2. The Kier molecular flexibility index (Phi) is 4.44. The predicted molar refractivity (Wildman–Crippen MR) is 71.8 cm³/mol. The fourth-order valence-electron chi connectivity index (χ4n) is 1.53. The van der Waals surface area contributed by atoms with Crippen molar-refractivity contribution in [1.82, 2.24) is 9.97 Å². The van der Waals surface area contributed by atoms with Crippen LogP contribution in [0.15, 0.2) is 42.9 Å². The van der Waals surface area contributed by atoms with Gasteiger partial charge in [0.25, 0.3) is 0 Å². The van der Waals surface area contributed by atoms with Crippen molar-refractivity contribution in [2.24, 2.45) is 0 Å². The average Bonchev–Trinajstić information content (AvgIpc) is 2.47. The number of ether oxygens (including phenoxy) is 1. The number of hydrogen-bond donors (Lipinski definition) is 1. The van der Waals surface area contributed by atoms with Crippen LogP contribution in [-0.4, -0.2) is 22.5 Å². The normalized spacial score (nSPS) is 9.95. The maximum absolute atomic E-state index is 11.4. The van der Waals surface area contributed by atoms with Gasteiger partial charge >= 0.3 is 5.97 Å². The van der Waals surface area contributed by atoms with Crippen molar-refractivity contribution in [2.45, 2.75) is 13.5 Å². The van der Waals surface area contributed by atoms with Crippen molar-refractivity contribution in [3.8, 4) is 0 Å². The molecule has 0 atom stereocenters. The van der Waals surface area contributed by atoms with Crippen LogP contribution in [0, 0.1) is 0 Å². The van der Waals surface area contributed by atoms with Gasteiger partial charge < -0.3 is 10.1 Å². The van der Waals surface area contributed by atoms with E-state index in [0.717, 1.165) is 5.56 Å². The number of esters is 1. The van der Waals surface area contributed by atoms with Crippen molar-refractivity contribution < 1.29 is 9.53 Å². The number of carbonyl (C=O) groups is 1. The lowest BCUT2D eigenvalue weighted by molar-refractivity contribution is 0.0526. The third-order valence-corrected chi connectivity index (χ3v) is 2.47. The molecule has 0 aliphatic carbocycles. The Hall–Kier alpha value is -2.43.